The van der Waals surface area contributed by atoms with Gasteiger partial charge >= 0.3 is 0 Å². The van der Waals surface area contributed by atoms with E-state index in [1.54, 1.807) is 6.20 Å². The first-order chi connectivity index (χ1) is 8.79. The van der Waals surface area contributed by atoms with Gasteiger partial charge in [-0.15, -0.1) is 0 Å². The van der Waals surface area contributed by atoms with Gasteiger partial charge in [0.15, 0.2) is 5.82 Å². The van der Waals surface area contributed by atoms with Crippen molar-refractivity contribution in [1.82, 2.24) is 20.3 Å². The number of aromatic nitrogens is 3. The lowest BCUT2D eigenvalue weighted by atomic mass is 10.1. The number of hydrogen-bond acceptors (Lipinski definition) is 4. The molecule has 1 aliphatic heterocycles. The Morgan fingerprint density at radius 3 is 2.94 bits per heavy atom. The number of pyridine rings is 1. The molecule has 0 aromatic carbocycles. The summed E-state index contributed by atoms with van der Waals surface area (Å²) in [7, 11) is 0. The van der Waals surface area contributed by atoms with Crippen LogP contribution in [-0.2, 0) is 19.5 Å². The summed E-state index contributed by atoms with van der Waals surface area (Å²) >= 11 is 0. The predicted octanol–water partition coefficient (Wildman–Crippen LogP) is 2.01. The summed E-state index contributed by atoms with van der Waals surface area (Å²) in [6, 6.07) is 2.00. The van der Waals surface area contributed by atoms with E-state index in [-0.39, 0.29) is 0 Å². The molecular weight excluding hydrogens is 224 g/mol. The standard InChI is InChI=1S/C14H16N4/c1-3-12-11-7-16-8-13(11)18-14(17-12)10-6-15-5-4-9(10)2/h4-6,16H,3,7-8H2,1-2H3. The lowest BCUT2D eigenvalue weighted by Gasteiger charge is -2.09. The van der Waals surface area contributed by atoms with Crippen LogP contribution in [0.4, 0.5) is 0 Å². The summed E-state index contributed by atoms with van der Waals surface area (Å²) in [6.07, 6.45) is 4.59. The number of rotatable bonds is 2. The second-order valence-corrected chi connectivity index (χ2v) is 4.57. The van der Waals surface area contributed by atoms with Gasteiger partial charge in [0, 0.05) is 42.3 Å². The van der Waals surface area contributed by atoms with E-state index in [1.807, 2.05) is 12.3 Å². The van der Waals surface area contributed by atoms with Crippen LogP contribution >= 0.6 is 0 Å². The molecule has 1 aliphatic rings. The van der Waals surface area contributed by atoms with E-state index >= 15 is 0 Å². The van der Waals surface area contributed by atoms with Crippen LogP contribution in [0.2, 0.25) is 0 Å². The van der Waals surface area contributed by atoms with Crippen LogP contribution in [0, 0.1) is 6.92 Å². The molecule has 0 bridgehead atoms. The van der Waals surface area contributed by atoms with Crippen molar-refractivity contribution in [3.05, 3.63) is 41.0 Å². The van der Waals surface area contributed by atoms with Gasteiger partial charge in [0.1, 0.15) is 0 Å². The monoisotopic (exact) mass is 240 g/mol. The number of aryl methyl sites for hydroxylation is 2. The minimum atomic E-state index is 0.805. The zero-order valence-corrected chi connectivity index (χ0v) is 10.7. The van der Waals surface area contributed by atoms with Gasteiger partial charge in [0.25, 0.3) is 0 Å². The highest BCUT2D eigenvalue weighted by atomic mass is 15.0. The van der Waals surface area contributed by atoms with Crippen molar-refractivity contribution in [2.75, 3.05) is 0 Å². The topological polar surface area (TPSA) is 50.7 Å². The summed E-state index contributed by atoms with van der Waals surface area (Å²) in [6.45, 7) is 5.94. The van der Waals surface area contributed by atoms with Crippen LogP contribution in [0.5, 0.6) is 0 Å². The minimum Gasteiger partial charge on any atom is -0.307 e. The second-order valence-electron chi connectivity index (χ2n) is 4.57. The van der Waals surface area contributed by atoms with Crippen LogP contribution in [0.1, 0.15) is 29.4 Å². The smallest absolute Gasteiger partial charge is 0.161 e. The Hall–Kier alpha value is -1.81. The van der Waals surface area contributed by atoms with Gasteiger partial charge in [-0.1, -0.05) is 6.92 Å². The molecule has 0 radical (unpaired) electrons. The predicted molar refractivity (Wildman–Crippen MR) is 69.9 cm³/mol. The summed E-state index contributed by atoms with van der Waals surface area (Å²) < 4.78 is 0. The SMILES string of the molecule is CCc1nc(-c2cnccc2C)nc2c1CNC2. The van der Waals surface area contributed by atoms with Crippen molar-refractivity contribution >= 4 is 0 Å². The second kappa shape index (κ2) is 4.46. The first kappa shape index (κ1) is 11.3. The highest BCUT2D eigenvalue weighted by Crippen LogP contribution is 2.24. The van der Waals surface area contributed by atoms with E-state index in [0.29, 0.717) is 0 Å². The van der Waals surface area contributed by atoms with Crippen molar-refractivity contribution < 1.29 is 0 Å². The molecule has 3 heterocycles. The molecule has 0 saturated carbocycles. The third-order valence-corrected chi connectivity index (χ3v) is 3.39. The molecule has 0 aliphatic carbocycles. The fourth-order valence-electron chi connectivity index (χ4n) is 2.35. The fourth-order valence-corrected chi connectivity index (χ4v) is 2.35. The highest BCUT2D eigenvalue weighted by Gasteiger charge is 2.18. The van der Waals surface area contributed by atoms with E-state index in [2.05, 4.69) is 29.1 Å². The van der Waals surface area contributed by atoms with Gasteiger partial charge < -0.3 is 5.32 Å². The van der Waals surface area contributed by atoms with E-state index < -0.39 is 0 Å². The van der Waals surface area contributed by atoms with Crippen molar-refractivity contribution in [2.24, 2.45) is 0 Å². The Balaban J connectivity index is 2.17. The summed E-state index contributed by atoms with van der Waals surface area (Å²) in [5, 5.41) is 3.34. The van der Waals surface area contributed by atoms with E-state index in [4.69, 9.17) is 4.98 Å². The number of nitrogens with one attached hydrogen (secondary N) is 1. The van der Waals surface area contributed by atoms with Crippen LogP contribution in [0.3, 0.4) is 0 Å². The van der Waals surface area contributed by atoms with Crippen molar-refractivity contribution in [3.63, 3.8) is 0 Å². The Kier molecular flexibility index (Phi) is 2.80. The largest absolute Gasteiger partial charge is 0.307 e. The third-order valence-electron chi connectivity index (χ3n) is 3.39. The zero-order chi connectivity index (χ0) is 12.5. The first-order valence-electron chi connectivity index (χ1n) is 6.30. The van der Waals surface area contributed by atoms with Crippen LogP contribution < -0.4 is 5.32 Å². The molecule has 2 aromatic heterocycles. The van der Waals surface area contributed by atoms with E-state index in [1.165, 1.54) is 5.56 Å². The van der Waals surface area contributed by atoms with E-state index in [9.17, 15) is 0 Å². The van der Waals surface area contributed by atoms with Crippen molar-refractivity contribution in [3.8, 4) is 11.4 Å². The van der Waals surface area contributed by atoms with Gasteiger partial charge in [-0.3, -0.25) is 4.98 Å². The molecule has 1 N–H and O–H groups in total. The third kappa shape index (κ3) is 1.78. The van der Waals surface area contributed by atoms with Gasteiger partial charge in [-0.05, 0) is 25.0 Å². The molecule has 0 fully saturated rings. The quantitative estimate of drug-likeness (QED) is 0.872. The summed E-state index contributed by atoms with van der Waals surface area (Å²) in [5.74, 6) is 0.805. The van der Waals surface area contributed by atoms with Crippen LogP contribution in [0.25, 0.3) is 11.4 Å². The maximum Gasteiger partial charge on any atom is 0.161 e. The highest BCUT2D eigenvalue weighted by molar-refractivity contribution is 5.59. The molecule has 4 heteroatoms. The number of hydrogen-bond donors (Lipinski definition) is 1. The van der Waals surface area contributed by atoms with Crippen LogP contribution in [-0.4, -0.2) is 15.0 Å². The van der Waals surface area contributed by atoms with Gasteiger partial charge in [0.05, 0.1) is 5.69 Å². The minimum absolute atomic E-state index is 0.805. The maximum atomic E-state index is 4.70. The zero-order valence-electron chi connectivity index (χ0n) is 10.7. The van der Waals surface area contributed by atoms with Gasteiger partial charge in [-0.2, -0.15) is 0 Å². The molecule has 0 amide bonds. The molecular formula is C14H16N4. The van der Waals surface area contributed by atoms with Crippen LogP contribution in [0.15, 0.2) is 18.5 Å². The average molecular weight is 240 g/mol. The Bertz CT molecular complexity index is 592. The number of fused-ring (bicyclic) bond motifs is 1. The lowest BCUT2D eigenvalue weighted by Crippen LogP contribution is -2.03. The summed E-state index contributed by atoms with van der Waals surface area (Å²) in [4.78, 5) is 13.6. The lowest BCUT2D eigenvalue weighted by molar-refractivity contribution is 0.755. The normalized spacial score (nSPS) is 13.7. The molecule has 0 spiro atoms. The molecule has 3 rings (SSSR count). The number of nitrogens with zero attached hydrogens (tertiary/aromatic N) is 3. The van der Waals surface area contributed by atoms with Crippen molar-refractivity contribution in [2.45, 2.75) is 33.4 Å². The Labute approximate surface area is 107 Å². The molecule has 92 valence electrons. The maximum absolute atomic E-state index is 4.70. The van der Waals surface area contributed by atoms with E-state index in [0.717, 1.165) is 47.8 Å². The first-order valence-corrected chi connectivity index (χ1v) is 6.30. The fraction of sp³-hybridized carbons (Fsp3) is 0.357. The molecule has 18 heavy (non-hydrogen) atoms. The van der Waals surface area contributed by atoms with Gasteiger partial charge in [0.2, 0.25) is 0 Å². The Morgan fingerprint density at radius 1 is 1.28 bits per heavy atom. The summed E-state index contributed by atoms with van der Waals surface area (Å²) in [5.41, 5.74) is 5.77. The molecule has 2 aromatic rings. The molecule has 0 atom stereocenters. The Morgan fingerprint density at radius 2 is 2.17 bits per heavy atom. The van der Waals surface area contributed by atoms with Gasteiger partial charge in [-0.25, -0.2) is 9.97 Å². The average Bonchev–Trinajstić information content (AvgIpc) is 2.86. The molecule has 4 nitrogen and oxygen atoms in total. The molecule has 0 unspecified atom stereocenters. The molecule has 0 saturated heterocycles. The van der Waals surface area contributed by atoms with Crippen molar-refractivity contribution in [1.29, 1.82) is 0 Å².